The van der Waals surface area contributed by atoms with Gasteiger partial charge in [0.1, 0.15) is 6.04 Å². The van der Waals surface area contributed by atoms with Crippen LogP contribution in [-0.4, -0.2) is 76.0 Å². The number of rotatable bonds is 13. The van der Waals surface area contributed by atoms with Crippen LogP contribution >= 0.6 is 35.0 Å². The van der Waals surface area contributed by atoms with E-state index in [-0.39, 0.29) is 13.2 Å². The number of aliphatic imine (C=N–C) groups is 1. The van der Waals surface area contributed by atoms with Crippen LogP contribution in [0.15, 0.2) is 52.7 Å². The van der Waals surface area contributed by atoms with E-state index in [2.05, 4.69) is 10.2 Å². The van der Waals surface area contributed by atoms with Crippen LogP contribution in [0.3, 0.4) is 0 Å². The van der Waals surface area contributed by atoms with Gasteiger partial charge in [-0.2, -0.15) is 0 Å². The van der Waals surface area contributed by atoms with Gasteiger partial charge < -0.3 is 29.2 Å². The van der Waals surface area contributed by atoms with Crippen molar-refractivity contribution in [1.82, 2.24) is 10.2 Å². The van der Waals surface area contributed by atoms with Gasteiger partial charge in [-0.15, -0.1) is 0 Å². The van der Waals surface area contributed by atoms with Crippen LogP contribution in [0.4, 0.5) is 0 Å². The van der Waals surface area contributed by atoms with Crippen molar-refractivity contribution in [2.24, 2.45) is 4.99 Å². The summed E-state index contributed by atoms with van der Waals surface area (Å²) in [7, 11) is 3.22. The Labute approximate surface area is 262 Å². The van der Waals surface area contributed by atoms with Crippen molar-refractivity contribution in [3.8, 4) is 11.5 Å². The van der Waals surface area contributed by atoms with E-state index >= 15 is 0 Å². The van der Waals surface area contributed by atoms with Gasteiger partial charge in [-0.1, -0.05) is 53.5 Å². The fraction of sp³-hybridized carbons (Fsp3) is 0.484. The van der Waals surface area contributed by atoms with Crippen LogP contribution in [0.5, 0.6) is 11.5 Å². The number of methoxy groups -OCH3 is 2. The Kier molecular flexibility index (Phi) is 12.7. The second-order valence-electron chi connectivity index (χ2n) is 10.1. The summed E-state index contributed by atoms with van der Waals surface area (Å²) in [6, 6.07) is 10.5. The molecule has 1 atom stereocenters. The highest BCUT2D eigenvalue weighted by Crippen LogP contribution is 2.36. The largest absolute Gasteiger partial charge is 0.493 e. The molecule has 0 bridgehead atoms. The van der Waals surface area contributed by atoms with Crippen molar-refractivity contribution < 1.29 is 23.7 Å². The molecule has 1 fully saturated rings. The van der Waals surface area contributed by atoms with Crippen LogP contribution in [-0.2, 0) is 20.7 Å². The Bertz CT molecular complexity index is 1280. The Balaban J connectivity index is 1.47. The molecule has 0 aliphatic carbocycles. The third-order valence-electron chi connectivity index (χ3n) is 7.31. The maximum absolute atomic E-state index is 13.7. The Morgan fingerprint density at radius 1 is 1.02 bits per heavy atom. The molecule has 2 aromatic carbocycles. The first-order valence-electron chi connectivity index (χ1n) is 14.2. The minimum Gasteiger partial charge on any atom is -0.493 e. The number of hydrogen-bond acceptors (Lipinski definition) is 9. The number of thioether (sulfide) groups is 1. The molecule has 0 saturated carbocycles. The zero-order chi connectivity index (χ0) is 29.9. The number of aryl methyl sites for hydroxylation is 1. The number of carbonyl (C=O) groups excluding carboxylic acids is 1. The number of hydrogen-bond donors (Lipinski definition) is 1. The predicted molar refractivity (Wildman–Crippen MR) is 170 cm³/mol. The lowest BCUT2D eigenvalue weighted by Crippen LogP contribution is -2.35. The van der Waals surface area contributed by atoms with Gasteiger partial charge in [0.05, 0.1) is 55.4 Å². The number of likely N-dealkylation sites (tertiary alicyclic amines) is 1. The number of nitrogens with zero attached hydrogens (tertiary/aromatic N) is 2. The summed E-state index contributed by atoms with van der Waals surface area (Å²) in [6.07, 6.45) is 7.04. The second kappa shape index (κ2) is 16.4. The number of halogens is 2. The molecule has 0 spiro atoms. The number of carbonyl (C=O) groups is 1. The third-order valence-corrected chi connectivity index (χ3v) is 8.65. The minimum atomic E-state index is -0.609. The highest BCUT2D eigenvalue weighted by molar-refractivity contribution is 8.13. The van der Waals surface area contributed by atoms with Gasteiger partial charge in [0.15, 0.2) is 16.7 Å². The van der Waals surface area contributed by atoms with E-state index < -0.39 is 12.0 Å². The molecule has 2 heterocycles. The van der Waals surface area contributed by atoms with E-state index in [1.54, 1.807) is 26.4 Å². The summed E-state index contributed by atoms with van der Waals surface area (Å²) in [6.45, 7) is 4.13. The molecular formula is C31H39Cl2N3O5S. The van der Waals surface area contributed by atoms with Crippen LogP contribution in [0.25, 0.3) is 0 Å². The van der Waals surface area contributed by atoms with E-state index in [9.17, 15) is 4.79 Å². The second-order valence-corrected chi connectivity index (χ2v) is 11.7. The first-order chi connectivity index (χ1) is 20.4. The Hall–Kier alpha value is -2.43. The van der Waals surface area contributed by atoms with Gasteiger partial charge in [0, 0.05) is 6.54 Å². The smallest absolute Gasteiger partial charge is 0.338 e. The number of esters is 1. The van der Waals surface area contributed by atoms with Gasteiger partial charge >= 0.3 is 5.97 Å². The summed E-state index contributed by atoms with van der Waals surface area (Å²) >= 11 is 14.0. The van der Waals surface area contributed by atoms with Crippen molar-refractivity contribution in [2.45, 2.75) is 38.1 Å². The third kappa shape index (κ3) is 8.80. The lowest BCUT2D eigenvalue weighted by Gasteiger charge is -2.28. The molecule has 2 aromatic rings. The van der Waals surface area contributed by atoms with E-state index in [1.807, 2.05) is 30.5 Å². The SMILES string of the molecule is COc1ccc(CCCOC(=O)C2=C(COCCN3CCCCC3)NC(SC)=NC2c2ccc(Cl)c(Cl)c2)cc1OC. The molecule has 0 radical (unpaired) electrons. The molecule has 1 N–H and O–H groups in total. The number of benzene rings is 2. The predicted octanol–water partition coefficient (Wildman–Crippen LogP) is 6.31. The highest BCUT2D eigenvalue weighted by atomic mass is 35.5. The van der Waals surface area contributed by atoms with Crippen LogP contribution in [0.2, 0.25) is 10.0 Å². The summed E-state index contributed by atoms with van der Waals surface area (Å²) < 4.78 is 22.6. The zero-order valence-corrected chi connectivity index (χ0v) is 26.7. The number of amidine groups is 1. The first kappa shape index (κ1) is 32.5. The maximum atomic E-state index is 13.7. The molecule has 0 aromatic heterocycles. The summed E-state index contributed by atoms with van der Waals surface area (Å²) in [5.41, 5.74) is 2.87. The van der Waals surface area contributed by atoms with Crippen LogP contribution in [0.1, 0.15) is 42.9 Å². The van der Waals surface area contributed by atoms with Crippen molar-refractivity contribution in [3.05, 3.63) is 68.8 Å². The molecule has 228 valence electrons. The first-order valence-corrected chi connectivity index (χ1v) is 16.2. The quantitative estimate of drug-likeness (QED) is 0.203. The number of ether oxygens (including phenoxy) is 4. The summed E-state index contributed by atoms with van der Waals surface area (Å²) in [4.78, 5) is 20.9. The van der Waals surface area contributed by atoms with Gasteiger partial charge in [-0.25, -0.2) is 9.79 Å². The fourth-order valence-electron chi connectivity index (χ4n) is 5.06. The maximum Gasteiger partial charge on any atom is 0.338 e. The number of nitrogens with one attached hydrogen (secondary N) is 1. The highest BCUT2D eigenvalue weighted by Gasteiger charge is 2.32. The van der Waals surface area contributed by atoms with E-state index in [0.717, 1.165) is 30.8 Å². The zero-order valence-electron chi connectivity index (χ0n) is 24.4. The van der Waals surface area contributed by atoms with Crippen LogP contribution in [0, 0.1) is 0 Å². The summed E-state index contributed by atoms with van der Waals surface area (Å²) in [5.74, 6) is 0.903. The standard InChI is InChI=1S/C31H39Cl2N3O5S/c1-38-26-12-9-21(18-27(26)39-2)8-7-16-41-30(37)28-25(20-40-17-15-36-13-5-4-6-14-36)34-31(42-3)35-29(28)22-10-11-23(32)24(33)19-22/h9-12,18-19,29H,4-8,13-17,20H2,1-3H3,(H,34,35). The molecule has 42 heavy (non-hydrogen) atoms. The average molecular weight is 637 g/mol. The topological polar surface area (TPSA) is 81.6 Å². The molecular weight excluding hydrogens is 597 g/mol. The molecule has 8 nitrogen and oxygen atoms in total. The summed E-state index contributed by atoms with van der Waals surface area (Å²) in [5, 5.41) is 4.83. The molecule has 2 aliphatic rings. The molecule has 11 heteroatoms. The van der Waals surface area contributed by atoms with Gasteiger partial charge in [0.2, 0.25) is 0 Å². The lowest BCUT2D eigenvalue weighted by atomic mass is 9.96. The van der Waals surface area contributed by atoms with Crippen molar-refractivity contribution in [3.63, 3.8) is 0 Å². The van der Waals surface area contributed by atoms with Crippen molar-refractivity contribution in [1.29, 1.82) is 0 Å². The average Bonchev–Trinajstić information content (AvgIpc) is 3.02. The Morgan fingerprint density at radius 2 is 1.81 bits per heavy atom. The van der Waals surface area contributed by atoms with Gasteiger partial charge in [-0.3, -0.25) is 0 Å². The number of piperidine rings is 1. The molecule has 0 amide bonds. The fourth-order valence-corrected chi connectivity index (χ4v) is 5.80. The monoisotopic (exact) mass is 635 g/mol. The lowest BCUT2D eigenvalue weighted by molar-refractivity contribution is -0.139. The molecule has 1 unspecified atom stereocenters. The normalized spacial score (nSPS) is 17.5. The van der Waals surface area contributed by atoms with Crippen LogP contribution < -0.4 is 14.8 Å². The minimum absolute atomic E-state index is 0.237. The molecule has 1 saturated heterocycles. The van der Waals surface area contributed by atoms with Crippen molar-refractivity contribution in [2.75, 3.05) is 59.9 Å². The van der Waals surface area contributed by atoms with E-state index in [4.69, 9.17) is 47.1 Å². The van der Waals surface area contributed by atoms with E-state index in [1.165, 1.54) is 31.0 Å². The Morgan fingerprint density at radius 3 is 2.52 bits per heavy atom. The van der Waals surface area contributed by atoms with Crippen molar-refractivity contribution >= 4 is 46.1 Å². The molecule has 2 aliphatic heterocycles. The van der Waals surface area contributed by atoms with Gasteiger partial charge in [-0.05, 0) is 80.4 Å². The molecule has 4 rings (SSSR count). The van der Waals surface area contributed by atoms with Gasteiger partial charge in [0.25, 0.3) is 0 Å². The van der Waals surface area contributed by atoms with E-state index in [0.29, 0.717) is 57.4 Å².